The number of carbonyl (C=O) groups is 1. The van der Waals surface area contributed by atoms with E-state index in [1.165, 1.54) is 0 Å². The fourth-order valence-electron chi connectivity index (χ4n) is 2.19. The molecule has 0 saturated carbocycles. The van der Waals surface area contributed by atoms with Crippen LogP contribution >= 0.6 is 0 Å². The Kier molecular flexibility index (Phi) is 2.33. The van der Waals surface area contributed by atoms with E-state index in [1.807, 2.05) is 25.3 Å². The minimum atomic E-state index is -0.0604. The Hall–Kier alpha value is -2.30. The summed E-state index contributed by atoms with van der Waals surface area (Å²) < 4.78 is 0. The van der Waals surface area contributed by atoms with Crippen LogP contribution in [0.3, 0.4) is 0 Å². The molecule has 0 radical (unpaired) electrons. The Balaban J connectivity index is 2.04. The van der Waals surface area contributed by atoms with Crippen molar-refractivity contribution in [3.8, 4) is 11.1 Å². The minimum Gasteiger partial charge on any atom is -0.323 e. The molecule has 2 amide bonds. The van der Waals surface area contributed by atoms with Crippen molar-refractivity contribution < 1.29 is 4.79 Å². The number of rotatable bonds is 1. The molecular weight excluding hydrogens is 228 g/mol. The Labute approximate surface area is 105 Å². The van der Waals surface area contributed by atoms with Crippen LogP contribution in [0.5, 0.6) is 0 Å². The highest BCUT2D eigenvalue weighted by molar-refractivity contribution is 5.92. The van der Waals surface area contributed by atoms with Gasteiger partial charge in [0.15, 0.2) is 0 Å². The molecule has 0 saturated heterocycles. The van der Waals surface area contributed by atoms with Crippen LogP contribution in [0.2, 0.25) is 0 Å². The molecule has 0 aliphatic carbocycles. The number of amides is 2. The Bertz CT molecular complexity index is 617. The zero-order valence-electron chi connectivity index (χ0n) is 10.3. The Morgan fingerprint density at radius 3 is 2.94 bits per heavy atom. The van der Waals surface area contributed by atoms with Gasteiger partial charge in [0.25, 0.3) is 0 Å². The highest BCUT2D eigenvalue weighted by Crippen LogP contribution is 2.29. The van der Waals surface area contributed by atoms with Gasteiger partial charge in [-0.3, -0.25) is 5.10 Å². The summed E-state index contributed by atoms with van der Waals surface area (Å²) in [5, 5.41) is 9.83. The van der Waals surface area contributed by atoms with Gasteiger partial charge in [0.05, 0.1) is 6.20 Å². The van der Waals surface area contributed by atoms with Gasteiger partial charge in [-0.05, 0) is 30.2 Å². The van der Waals surface area contributed by atoms with E-state index in [0.29, 0.717) is 6.54 Å². The third-order valence-electron chi connectivity index (χ3n) is 3.24. The molecule has 0 spiro atoms. The molecule has 1 aliphatic rings. The number of hydrogen-bond donors (Lipinski definition) is 2. The van der Waals surface area contributed by atoms with E-state index in [-0.39, 0.29) is 6.03 Å². The zero-order valence-corrected chi connectivity index (χ0v) is 10.3. The molecule has 0 bridgehead atoms. The number of nitrogens with one attached hydrogen (secondary N) is 2. The maximum Gasteiger partial charge on any atom is 0.321 e. The van der Waals surface area contributed by atoms with Gasteiger partial charge >= 0.3 is 6.03 Å². The number of H-pyrrole nitrogens is 1. The van der Waals surface area contributed by atoms with Crippen molar-refractivity contribution in [3.05, 3.63) is 35.7 Å². The van der Waals surface area contributed by atoms with Crippen molar-refractivity contribution in [1.29, 1.82) is 0 Å². The fraction of sp³-hybridized carbons (Fsp3) is 0.231. The van der Waals surface area contributed by atoms with Crippen molar-refractivity contribution >= 4 is 11.7 Å². The molecule has 1 aromatic heterocycles. The Morgan fingerprint density at radius 1 is 1.39 bits per heavy atom. The van der Waals surface area contributed by atoms with E-state index in [2.05, 4.69) is 21.6 Å². The molecule has 5 heteroatoms. The van der Waals surface area contributed by atoms with Crippen LogP contribution in [0.1, 0.15) is 11.3 Å². The van der Waals surface area contributed by atoms with Gasteiger partial charge in [0, 0.05) is 30.5 Å². The van der Waals surface area contributed by atoms with E-state index < -0.39 is 0 Å². The van der Waals surface area contributed by atoms with Crippen molar-refractivity contribution in [3.63, 3.8) is 0 Å². The summed E-state index contributed by atoms with van der Waals surface area (Å²) in [6, 6.07) is 5.99. The standard InChI is InChI=1S/C13H14N4O/c1-8-11(6-14-16-8)9-3-4-12-10(5-9)7-17(2)13(18)15-12/h3-6H,7H2,1-2H3,(H,14,16)(H,15,18). The summed E-state index contributed by atoms with van der Waals surface area (Å²) in [7, 11) is 1.79. The monoisotopic (exact) mass is 242 g/mol. The van der Waals surface area contributed by atoms with Gasteiger partial charge in [0.2, 0.25) is 0 Å². The van der Waals surface area contributed by atoms with Crippen molar-refractivity contribution in [2.75, 3.05) is 12.4 Å². The smallest absolute Gasteiger partial charge is 0.321 e. The summed E-state index contributed by atoms with van der Waals surface area (Å²) in [6.45, 7) is 2.63. The first-order valence-electron chi connectivity index (χ1n) is 5.80. The van der Waals surface area contributed by atoms with Crippen LogP contribution in [0.15, 0.2) is 24.4 Å². The average molecular weight is 242 g/mol. The number of urea groups is 1. The first-order valence-corrected chi connectivity index (χ1v) is 5.80. The highest BCUT2D eigenvalue weighted by atomic mass is 16.2. The second-order valence-electron chi connectivity index (χ2n) is 4.57. The average Bonchev–Trinajstić information content (AvgIpc) is 2.76. The SMILES string of the molecule is Cc1[nH]ncc1-c1ccc2c(c1)CN(C)C(=O)N2. The van der Waals surface area contributed by atoms with Gasteiger partial charge < -0.3 is 10.2 Å². The number of fused-ring (bicyclic) bond motifs is 1. The fourth-order valence-corrected chi connectivity index (χ4v) is 2.19. The first-order chi connectivity index (χ1) is 8.65. The topological polar surface area (TPSA) is 61.0 Å². The van der Waals surface area contributed by atoms with Gasteiger partial charge in [0.1, 0.15) is 0 Å². The van der Waals surface area contributed by atoms with Crippen LogP contribution < -0.4 is 5.32 Å². The number of aromatic amines is 1. The molecule has 2 N–H and O–H groups in total. The quantitative estimate of drug-likeness (QED) is 0.806. The number of carbonyl (C=O) groups excluding carboxylic acids is 1. The van der Waals surface area contributed by atoms with E-state index in [9.17, 15) is 4.79 Å². The number of aryl methyl sites for hydroxylation is 1. The third kappa shape index (κ3) is 1.64. The lowest BCUT2D eigenvalue weighted by molar-refractivity contribution is 0.218. The Morgan fingerprint density at radius 2 is 2.22 bits per heavy atom. The minimum absolute atomic E-state index is 0.0604. The van der Waals surface area contributed by atoms with Crippen molar-refractivity contribution in [2.24, 2.45) is 0 Å². The lowest BCUT2D eigenvalue weighted by Gasteiger charge is -2.26. The second-order valence-corrected chi connectivity index (χ2v) is 4.57. The van der Waals surface area contributed by atoms with E-state index in [1.54, 1.807) is 11.9 Å². The zero-order chi connectivity index (χ0) is 12.7. The maximum absolute atomic E-state index is 11.5. The summed E-state index contributed by atoms with van der Waals surface area (Å²) in [5.74, 6) is 0. The highest BCUT2D eigenvalue weighted by Gasteiger charge is 2.19. The van der Waals surface area contributed by atoms with E-state index >= 15 is 0 Å². The van der Waals surface area contributed by atoms with Crippen LogP contribution in [-0.4, -0.2) is 28.2 Å². The van der Waals surface area contributed by atoms with Crippen LogP contribution in [0.4, 0.5) is 10.5 Å². The van der Waals surface area contributed by atoms with E-state index in [4.69, 9.17) is 0 Å². The van der Waals surface area contributed by atoms with Crippen molar-refractivity contribution in [2.45, 2.75) is 13.5 Å². The lowest BCUT2D eigenvalue weighted by atomic mass is 10.0. The summed E-state index contributed by atoms with van der Waals surface area (Å²) in [4.78, 5) is 13.2. The molecule has 1 aliphatic heterocycles. The number of anilines is 1. The molecule has 2 heterocycles. The normalized spacial score (nSPS) is 14.3. The van der Waals surface area contributed by atoms with E-state index in [0.717, 1.165) is 28.1 Å². The molecule has 0 atom stereocenters. The molecule has 2 aromatic rings. The molecule has 0 unspecified atom stereocenters. The predicted molar refractivity (Wildman–Crippen MR) is 69.2 cm³/mol. The van der Waals surface area contributed by atoms with Crippen LogP contribution in [-0.2, 0) is 6.54 Å². The number of benzene rings is 1. The van der Waals surface area contributed by atoms with Crippen LogP contribution in [0, 0.1) is 6.92 Å². The number of aromatic nitrogens is 2. The predicted octanol–water partition coefficient (Wildman–Crippen LogP) is 2.36. The molecule has 3 rings (SSSR count). The third-order valence-corrected chi connectivity index (χ3v) is 3.24. The first kappa shape index (κ1) is 10.8. The molecular formula is C13H14N4O. The summed E-state index contributed by atoms with van der Waals surface area (Å²) in [6.07, 6.45) is 1.82. The largest absolute Gasteiger partial charge is 0.323 e. The van der Waals surface area contributed by atoms with Crippen LogP contribution in [0.25, 0.3) is 11.1 Å². The van der Waals surface area contributed by atoms with Gasteiger partial charge in [-0.1, -0.05) is 6.07 Å². The summed E-state index contributed by atoms with van der Waals surface area (Å²) >= 11 is 0. The van der Waals surface area contributed by atoms with Crippen molar-refractivity contribution in [1.82, 2.24) is 15.1 Å². The number of hydrogen-bond acceptors (Lipinski definition) is 2. The second kappa shape index (κ2) is 3.87. The lowest BCUT2D eigenvalue weighted by Crippen LogP contribution is -2.35. The molecule has 0 fully saturated rings. The molecule has 18 heavy (non-hydrogen) atoms. The maximum atomic E-state index is 11.5. The molecule has 1 aromatic carbocycles. The van der Waals surface area contributed by atoms with Gasteiger partial charge in [-0.2, -0.15) is 5.10 Å². The van der Waals surface area contributed by atoms with Gasteiger partial charge in [-0.15, -0.1) is 0 Å². The van der Waals surface area contributed by atoms with Gasteiger partial charge in [-0.25, -0.2) is 4.79 Å². The molecule has 5 nitrogen and oxygen atoms in total. The molecule has 92 valence electrons. The summed E-state index contributed by atoms with van der Waals surface area (Å²) in [5.41, 5.74) is 5.27. The number of nitrogens with zero attached hydrogens (tertiary/aromatic N) is 2.